The molecule has 3 N–H and O–H groups in total. The van der Waals surface area contributed by atoms with Gasteiger partial charge in [0.1, 0.15) is 6.61 Å². The summed E-state index contributed by atoms with van der Waals surface area (Å²) < 4.78 is 5.02. The molecule has 0 aliphatic heterocycles. The number of aromatic nitrogens is 2. The third kappa shape index (κ3) is 9.18. The zero-order valence-corrected chi connectivity index (χ0v) is 16.6. The van der Waals surface area contributed by atoms with E-state index in [2.05, 4.69) is 15.5 Å². The van der Waals surface area contributed by atoms with Crippen LogP contribution < -0.4 is 10.4 Å². The number of aliphatic hydroxyl groups is 1. The number of rotatable bonds is 7. The third-order valence-electron chi connectivity index (χ3n) is 3.66. The minimum atomic E-state index is -1.66. The second-order valence-corrected chi connectivity index (χ2v) is 6.85. The predicted octanol–water partition coefficient (Wildman–Crippen LogP) is 2.43. The van der Waals surface area contributed by atoms with Crippen molar-refractivity contribution in [2.45, 2.75) is 52.9 Å². The lowest BCUT2D eigenvalue weighted by Gasteiger charge is -2.22. The number of alkyl carbamates (subject to hydrolysis) is 1. The molecule has 2 rings (SSSR count). The fourth-order valence-corrected chi connectivity index (χ4v) is 2.38. The van der Waals surface area contributed by atoms with Crippen molar-refractivity contribution in [3.8, 4) is 0 Å². The van der Waals surface area contributed by atoms with Crippen molar-refractivity contribution in [2.75, 3.05) is 0 Å². The Balaban J connectivity index is 0.000000467. The number of carbonyl (C=O) groups excluding carboxylic acids is 1. The van der Waals surface area contributed by atoms with Crippen molar-refractivity contribution in [3.05, 3.63) is 53.3 Å². The molecule has 1 aromatic heterocycles. The summed E-state index contributed by atoms with van der Waals surface area (Å²) in [5, 5.41) is 28.4. The monoisotopic (exact) mass is 390 g/mol. The maximum Gasteiger partial charge on any atom is 0.407 e. The standard InChI is InChI=1S/C15H21NO5.C5H7N2/c1-10(2)8-12(13(17)14(18)19)16-15(20)21-9-11-6-4-3-5-7-11;1-4-3-5(2)7-6-4/h3-7,10,12-13,17H,8-9H2,1-2H3,(H,16,20)(H,18,19);3H,1-2H3/q;-1/t12-,13?;/m0./s1. The summed E-state index contributed by atoms with van der Waals surface area (Å²) in [5.74, 6) is -1.25. The molecule has 0 radical (unpaired) electrons. The second kappa shape index (κ2) is 11.8. The first-order valence-corrected chi connectivity index (χ1v) is 9.00. The molecular weight excluding hydrogens is 362 g/mol. The molecule has 1 amide bonds. The van der Waals surface area contributed by atoms with Crippen LogP contribution in [0.4, 0.5) is 4.79 Å². The van der Waals surface area contributed by atoms with Crippen LogP contribution in [0.25, 0.3) is 0 Å². The number of aliphatic carboxylic acids is 1. The fraction of sp³-hybridized carbons (Fsp3) is 0.450. The summed E-state index contributed by atoms with van der Waals surface area (Å²) in [6, 6.07) is 10.2. The molecule has 0 saturated carbocycles. The van der Waals surface area contributed by atoms with Gasteiger partial charge in [0.15, 0.2) is 6.10 Å². The number of nitrogens with one attached hydrogen (secondary N) is 1. The van der Waals surface area contributed by atoms with E-state index in [0.29, 0.717) is 6.42 Å². The van der Waals surface area contributed by atoms with E-state index in [0.717, 1.165) is 17.0 Å². The van der Waals surface area contributed by atoms with Crippen LogP contribution in [0.2, 0.25) is 0 Å². The van der Waals surface area contributed by atoms with Crippen LogP contribution in [0, 0.1) is 19.8 Å². The van der Waals surface area contributed by atoms with Crippen LogP contribution in [0.1, 0.15) is 37.2 Å². The van der Waals surface area contributed by atoms with Gasteiger partial charge in [0, 0.05) is 5.69 Å². The first-order valence-electron chi connectivity index (χ1n) is 9.00. The number of benzene rings is 1. The summed E-state index contributed by atoms with van der Waals surface area (Å²) in [6.07, 6.45) is -2.06. The molecule has 1 aromatic carbocycles. The molecule has 2 atom stereocenters. The quantitative estimate of drug-likeness (QED) is 0.663. The Labute approximate surface area is 164 Å². The molecule has 0 fully saturated rings. The van der Waals surface area contributed by atoms with Crippen LogP contribution in [0.15, 0.2) is 36.4 Å². The third-order valence-corrected chi connectivity index (χ3v) is 3.66. The van der Waals surface area contributed by atoms with Crippen molar-refractivity contribution in [3.63, 3.8) is 0 Å². The number of carbonyl (C=O) groups is 2. The molecule has 0 saturated heterocycles. The minimum Gasteiger partial charge on any atom is -0.579 e. The van der Waals surface area contributed by atoms with E-state index in [4.69, 9.17) is 9.84 Å². The molecule has 1 heterocycles. The Hall–Kier alpha value is -2.87. The van der Waals surface area contributed by atoms with Crippen molar-refractivity contribution >= 4 is 12.1 Å². The highest BCUT2D eigenvalue weighted by Crippen LogP contribution is 2.10. The van der Waals surface area contributed by atoms with Crippen LogP contribution in [-0.2, 0) is 16.1 Å². The van der Waals surface area contributed by atoms with Gasteiger partial charge in [-0.05, 0) is 24.8 Å². The highest BCUT2D eigenvalue weighted by atomic mass is 16.5. The van der Waals surface area contributed by atoms with Crippen LogP contribution in [0.5, 0.6) is 0 Å². The molecule has 0 aliphatic rings. The largest absolute Gasteiger partial charge is 0.579 e. The van der Waals surface area contributed by atoms with Crippen molar-refractivity contribution in [1.82, 2.24) is 15.5 Å². The molecule has 8 nitrogen and oxygen atoms in total. The summed E-state index contributed by atoms with van der Waals surface area (Å²) in [4.78, 5) is 22.5. The number of nitrogens with zero attached hydrogens (tertiary/aromatic N) is 2. The number of carboxylic acids is 1. The maximum atomic E-state index is 11.7. The van der Waals surface area contributed by atoms with Gasteiger partial charge in [0.2, 0.25) is 0 Å². The van der Waals surface area contributed by atoms with Gasteiger partial charge < -0.3 is 30.5 Å². The topological polar surface area (TPSA) is 123 Å². The number of amides is 1. The molecule has 0 aliphatic carbocycles. The van der Waals surface area contributed by atoms with Gasteiger partial charge in [-0.15, -0.1) is 5.69 Å². The lowest BCUT2D eigenvalue weighted by atomic mass is 9.99. The molecule has 1 unspecified atom stereocenters. The lowest BCUT2D eigenvalue weighted by molar-refractivity contribution is -0.148. The molecule has 8 heteroatoms. The Kier molecular flexibility index (Phi) is 9.73. The van der Waals surface area contributed by atoms with Crippen molar-refractivity contribution in [1.29, 1.82) is 0 Å². The first-order chi connectivity index (χ1) is 13.2. The van der Waals surface area contributed by atoms with Gasteiger partial charge in [-0.2, -0.15) is 0 Å². The zero-order valence-electron chi connectivity index (χ0n) is 16.6. The van der Waals surface area contributed by atoms with Crippen molar-refractivity contribution < 1.29 is 24.5 Å². The summed E-state index contributed by atoms with van der Waals surface area (Å²) >= 11 is 0. The van der Waals surface area contributed by atoms with E-state index in [1.54, 1.807) is 0 Å². The normalized spacial score (nSPS) is 12.5. The van der Waals surface area contributed by atoms with E-state index < -0.39 is 24.2 Å². The lowest BCUT2D eigenvalue weighted by Crippen LogP contribution is -2.47. The van der Waals surface area contributed by atoms with Crippen LogP contribution in [0.3, 0.4) is 0 Å². The number of carboxylic acid groups (broad SMARTS) is 1. The van der Waals surface area contributed by atoms with Gasteiger partial charge in [-0.3, -0.25) is 0 Å². The minimum absolute atomic E-state index is 0.0875. The molecule has 0 spiro atoms. The first kappa shape index (κ1) is 23.2. The summed E-state index contributed by atoms with van der Waals surface area (Å²) in [7, 11) is 0. The van der Waals surface area contributed by atoms with E-state index in [9.17, 15) is 14.7 Å². The number of hydrogen-bond acceptors (Lipinski definition) is 5. The molecular formula is C20H28N3O5-. The Morgan fingerprint density at radius 3 is 2.29 bits per heavy atom. The Morgan fingerprint density at radius 2 is 1.86 bits per heavy atom. The average molecular weight is 390 g/mol. The molecule has 2 aromatic rings. The molecule has 28 heavy (non-hydrogen) atoms. The second-order valence-electron chi connectivity index (χ2n) is 6.85. The van der Waals surface area contributed by atoms with E-state index in [-0.39, 0.29) is 12.5 Å². The van der Waals surface area contributed by atoms with Gasteiger partial charge >= 0.3 is 12.1 Å². The van der Waals surface area contributed by atoms with Gasteiger partial charge in [0.25, 0.3) is 0 Å². The zero-order chi connectivity index (χ0) is 21.1. The molecule has 0 bridgehead atoms. The van der Waals surface area contributed by atoms with E-state index in [1.807, 2.05) is 64.1 Å². The van der Waals surface area contributed by atoms with Crippen LogP contribution in [-0.4, -0.2) is 39.5 Å². The van der Waals surface area contributed by atoms with Crippen molar-refractivity contribution in [2.24, 2.45) is 5.92 Å². The van der Waals surface area contributed by atoms with E-state index in [1.165, 1.54) is 0 Å². The highest BCUT2D eigenvalue weighted by molar-refractivity contribution is 5.75. The Morgan fingerprint density at radius 1 is 1.21 bits per heavy atom. The van der Waals surface area contributed by atoms with Crippen LogP contribution >= 0.6 is 0 Å². The Bertz CT molecular complexity index is 714. The summed E-state index contributed by atoms with van der Waals surface area (Å²) in [6.45, 7) is 7.70. The fourth-order valence-electron chi connectivity index (χ4n) is 2.38. The smallest absolute Gasteiger partial charge is 0.407 e. The SMILES string of the molecule is CC(C)C[C@H](NC(=O)OCc1ccccc1)C(O)C(=O)O.Cc1cc(C)[n-]n1. The predicted molar refractivity (Wildman–Crippen MR) is 104 cm³/mol. The maximum absolute atomic E-state index is 11.7. The number of hydrogen-bond donors (Lipinski definition) is 3. The number of aryl methyl sites for hydroxylation is 2. The molecule has 154 valence electrons. The van der Waals surface area contributed by atoms with E-state index >= 15 is 0 Å². The number of ether oxygens (including phenoxy) is 1. The summed E-state index contributed by atoms with van der Waals surface area (Å²) in [5.41, 5.74) is 2.82. The van der Waals surface area contributed by atoms with Gasteiger partial charge in [-0.1, -0.05) is 57.2 Å². The number of aliphatic hydroxyl groups excluding tert-OH is 1. The highest BCUT2D eigenvalue weighted by Gasteiger charge is 2.28. The van der Waals surface area contributed by atoms with Gasteiger partial charge in [0.05, 0.1) is 6.04 Å². The van der Waals surface area contributed by atoms with Gasteiger partial charge in [-0.25, -0.2) is 9.59 Å². The average Bonchev–Trinajstić information content (AvgIpc) is 3.02.